The molecule has 0 N–H and O–H groups in total. The van der Waals surface area contributed by atoms with Gasteiger partial charge in [-0.25, -0.2) is 0 Å². The van der Waals surface area contributed by atoms with Crippen molar-refractivity contribution in [1.82, 2.24) is 0 Å². The van der Waals surface area contributed by atoms with Crippen LogP contribution in [0.3, 0.4) is 0 Å². The van der Waals surface area contributed by atoms with Crippen molar-refractivity contribution < 1.29 is 0 Å². The molecular formula is C96H66S. The van der Waals surface area contributed by atoms with Crippen LogP contribution < -0.4 is 0 Å². The van der Waals surface area contributed by atoms with Crippen LogP contribution in [-0.4, -0.2) is 0 Å². The van der Waals surface area contributed by atoms with Gasteiger partial charge in [-0.15, -0.1) is 11.3 Å². The normalized spacial score (nSPS) is 13.3. The van der Waals surface area contributed by atoms with Gasteiger partial charge in [0, 0.05) is 36.6 Å². The van der Waals surface area contributed by atoms with Gasteiger partial charge in [-0.05, 0) is 213 Å². The second-order valence-corrected chi connectivity index (χ2v) is 28.8. The summed E-state index contributed by atoms with van der Waals surface area (Å²) in [6.45, 7) is 9.45. The third kappa shape index (κ3) is 8.95. The van der Waals surface area contributed by atoms with E-state index in [4.69, 9.17) is 0 Å². The van der Waals surface area contributed by atoms with Gasteiger partial charge in [0.15, 0.2) is 0 Å². The first-order chi connectivity index (χ1) is 47.6. The highest BCUT2D eigenvalue weighted by Gasteiger charge is 2.37. The lowest BCUT2D eigenvalue weighted by Crippen LogP contribution is -2.14. The Labute approximate surface area is 569 Å². The molecule has 0 radical (unpaired) electrons. The molecule has 0 atom stereocenters. The zero-order valence-electron chi connectivity index (χ0n) is 54.6. The molecule has 1 heterocycles. The molecule has 0 spiro atoms. The molecule has 2 aliphatic rings. The summed E-state index contributed by atoms with van der Waals surface area (Å²) in [5, 5.41) is 18.2. The van der Waals surface area contributed by atoms with Crippen molar-refractivity contribution in [3.63, 3.8) is 0 Å². The first-order valence-electron chi connectivity index (χ1n) is 34.0. The number of benzene rings is 17. The van der Waals surface area contributed by atoms with E-state index in [1.807, 2.05) is 11.3 Å². The van der Waals surface area contributed by atoms with Gasteiger partial charge >= 0.3 is 0 Å². The number of hydrogen-bond donors (Lipinski definition) is 0. The van der Waals surface area contributed by atoms with Crippen molar-refractivity contribution in [2.75, 3.05) is 0 Å². The van der Waals surface area contributed by atoms with E-state index in [0.717, 1.165) is 0 Å². The van der Waals surface area contributed by atoms with Crippen LogP contribution in [0.15, 0.2) is 328 Å². The molecule has 0 aliphatic heterocycles. The summed E-state index contributed by atoms with van der Waals surface area (Å²) in [6, 6.07) is 122. The van der Waals surface area contributed by atoms with Gasteiger partial charge in [0.1, 0.15) is 0 Å². The lowest BCUT2D eigenvalue weighted by molar-refractivity contribution is 0.661. The lowest BCUT2D eigenvalue weighted by atomic mass is 9.81. The molecule has 0 saturated carbocycles. The van der Waals surface area contributed by atoms with Crippen LogP contribution in [0, 0.1) is 0 Å². The van der Waals surface area contributed by atoms with E-state index in [-0.39, 0.29) is 10.8 Å². The maximum absolute atomic E-state index is 2.42. The molecule has 17 aromatic carbocycles. The highest BCUT2D eigenvalue weighted by atomic mass is 32.1. The maximum atomic E-state index is 2.42. The molecule has 0 fully saturated rings. The molecule has 0 bridgehead atoms. The predicted octanol–water partition coefficient (Wildman–Crippen LogP) is 27.3. The minimum Gasteiger partial charge on any atom is -0.135 e. The van der Waals surface area contributed by atoms with Gasteiger partial charge in [0.25, 0.3) is 0 Å². The Balaban J connectivity index is 0.000000138. The summed E-state index contributed by atoms with van der Waals surface area (Å²) in [4.78, 5) is 0. The predicted molar refractivity (Wildman–Crippen MR) is 419 cm³/mol. The van der Waals surface area contributed by atoms with E-state index in [2.05, 4.69) is 355 Å². The van der Waals surface area contributed by atoms with E-state index >= 15 is 0 Å². The lowest BCUT2D eigenvalue weighted by Gasteiger charge is -2.22. The van der Waals surface area contributed by atoms with E-state index in [0.29, 0.717) is 0 Å². The maximum Gasteiger partial charge on any atom is 0.0434 e. The molecule has 1 aromatic heterocycles. The van der Waals surface area contributed by atoms with Gasteiger partial charge in [-0.1, -0.05) is 313 Å². The second-order valence-electron chi connectivity index (χ2n) is 27.7. The SMILES string of the molecule is CC1(C)c2ccc(-c3ccc(-c4c5ccccc5c(-c5cccc6c5sc5ccccc56)c5ccccc45)cc3)cc2-c2cc3ccccc3cc21.CC1(C)c2ccc(-c3ccc(-c4c5ccccc5c(-c5ccccc5)c5ccccc45)cc3)cc2-c2cc3ccccc3cc21. The van der Waals surface area contributed by atoms with Crippen molar-refractivity contribution >= 4 is 96.1 Å². The zero-order chi connectivity index (χ0) is 64.7. The van der Waals surface area contributed by atoms with Crippen LogP contribution >= 0.6 is 11.3 Å². The monoisotopic (exact) mass is 1250 g/mol. The molecule has 97 heavy (non-hydrogen) atoms. The van der Waals surface area contributed by atoms with Crippen molar-refractivity contribution in [3.05, 3.63) is 350 Å². The molecule has 0 saturated heterocycles. The minimum atomic E-state index is -0.0339. The average Bonchev–Trinajstić information content (AvgIpc) is 1.72. The number of hydrogen-bond acceptors (Lipinski definition) is 1. The standard InChI is InChI=1S/C51H34S.C45H32/c1-51(2)45-27-26-35(29-43(45)44-28-33-12-3-4-13-34(33)30-46(44)51)31-22-24-32(25-23-31)48-37-15-5-7-17-39(37)49(40-18-8-6-16-38(40)48)42-20-11-19-41-36-14-9-10-21-47(36)52-50(41)42;1-45(2)41-25-24-34(27-39(41)40-26-32-14-6-7-15-33(32)28-42(40)45)29-20-22-31(23-21-29)44-37-18-10-8-16-35(37)43(30-12-4-3-5-13-30)36-17-9-11-19-38(36)44/h3-30H,1-2H3;3-28H,1-2H3. The summed E-state index contributed by atoms with van der Waals surface area (Å²) in [7, 11) is 0. The topological polar surface area (TPSA) is 0 Å². The molecule has 456 valence electrons. The van der Waals surface area contributed by atoms with Crippen LogP contribution in [0.2, 0.25) is 0 Å². The number of fused-ring (bicyclic) bond motifs is 15. The molecule has 18 aromatic rings. The van der Waals surface area contributed by atoms with Gasteiger partial charge in [-0.3, -0.25) is 0 Å². The van der Waals surface area contributed by atoms with Crippen molar-refractivity contribution in [1.29, 1.82) is 0 Å². The third-order valence-electron chi connectivity index (χ3n) is 21.7. The molecule has 20 rings (SSSR count). The van der Waals surface area contributed by atoms with Gasteiger partial charge in [0.05, 0.1) is 0 Å². The molecular weight excluding hydrogens is 1190 g/mol. The molecule has 0 amide bonds. The van der Waals surface area contributed by atoms with Crippen molar-refractivity contribution in [2.45, 2.75) is 38.5 Å². The fourth-order valence-electron chi connectivity index (χ4n) is 16.9. The average molecular weight is 1250 g/mol. The highest BCUT2D eigenvalue weighted by molar-refractivity contribution is 7.26. The first-order valence-corrected chi connectivity index (χ1v) is 34.8. The Kier molecular flexibility index (Phi) is 13.0. The largest absolute Gasteiger partial charge is 0.135 e. The van der Waals surface area contributed by atoms with Gasteiger partial charge < -0.3 is 0 Å². The summed E-state index contributed by atoms with van der Waals surface area (Å²) in [6.07, 6.45) is 0. The number of rotatable bonds is 6. The Morgan fingerprint density at radius 2 is 0.505 bits per heavy atom. The molecule has 0 unspecified atom stereocenters. The van der Waals surface area contributed by atoms with Crippen molar-refractivity contribution in [2.24, 2.45) is 0 Å². The fraction of sp³-hybridized carbons (Fsp3) is 0.0625. The summed E-state index contributed by atoms with van der Waals surface area (Å²) < 4.78 is 2.68. The van der Waals surface area contributed by atoms with Crippen molar-refractivity contribution in [3.8, 4) is 89.0 Å². The molecule has 0 nitrogen and oxygen atoms in total. The Morgan fingerprint density at radius 3 is 0.928 bits per heavy atom. The Morgan fingerprint density at radius 1 is 0.196 bits per heavy atom. The van der Waals surface area contributed by atoms with Gasteiger partial charge in [-0.2, -0.15) is 0 Å². The second kappa shape index (κ2) is 22.0. The zero-order valence-corrected chi connectivity index (χ0v) is 55.4. The first kappa shape index (κ1) is 57.0. The van der Waals surface area contributed by atoms with Gasteiger partial charge in [0.2, 0.25) is 0 Å². The summed E-state index contributed by atoms with van der Waals surface area (Å²) >= 11 is 1.90. The quantitative estimate of drug-likeness (QED) is 0.146. The van der Waals surface area contributed by atoms with Crippen LogP contribution in [0.4, 0.5) is 0 Å². The smallest absolute Gasteiger partial charge is 0.0434 e. The highest BCUT2D eigenvalue weighted by Crippen LogP contribution is 2.54. The van der Waals surface area contributed by atoms with Crippen LogP contribution in [0.25, 0.3) is 174 Å². The van der Waals surface area contributed by atoms with E-state index in [9.17, 15) is 0 Å². The minimum absolute atomic E-state index is 0.0227. The third-order valence-corrected chi connectivity index (χ3v) is 22.9. The van der Waals surface area contributed by atoms with E-state index < -0.39 is 0 Å². The molecule has 2 aliphatic carbocycles. The molecule has 1 heteroatoms. The van der Waals surface area contributed by atoms with Crippen LogP contribution in [0.1, 0.15) is 49.9 Å². The Bertz CT molecular complexity index is 6160. The van der Waals surface area contributed by atoms with Crippen LogP contribution in [0.5, 0.6) is 0 Å². The van der Waals surface area contributed by atoms with E-state index in [1.165, 1.54) is 196 Å². The summed E-state index contributed by atoms with van der Waals surface area (Å²) in [5.41, 5.74) is 26.3. The van der Waals surface area contributed by atoms with Crippen LogP contribution in [-0.2, 0) is 10.8 Å². The Hall–Kier alpha value is -11.5. The number of thiophene rings is 1. The van der Waals surface area contributed by atoms with E-state index in [1.54, 1.807) is 0 Å². The fourth-order valence-corrected chi connectivity index (χ4v) is 18.1. The summed E-state index contributed by atoms with van der Waals surface area (Å²) in [5.74, 6) is 0.